The molecule has 7 heteroatoms. The lowest BCUT2D eigenvalue weighted by molar-refractivity contribution is -0.143. The molecule has 0 rings (SSSR count). The van der Waals surface area contributed by atoms with E-state index in [1.165, 1.54) is 24.8 Å². The molecule has 0 aromatic carbocycles. The van der Waals surface area contributed by atoms with Crippen LogP contribution in [0, 0.1) is 0 Å². The van der Waals surface area contributed by atoms with Gasteiger partial charge in [-0.1, -0.05) is 18.2 Å². The van der Waals surface area contributed by atoms with Crippen molar-refractivity contribution in [3.8, 4) is 0 Å². The first-order chi connectivity index (χ1) is 9.36. The second-order valence-corrected chi connectivity index (χ2v) is 5.96. The van der Waals surface area contributed by atoms with Gasteiger partial charge in [0.15, 0.2) is 0 Å². The highest BCUT2D eigenvalue weighted by molar-refractivity contribution is 6.64. The zero-order chi connectivity index (χ0) is 15.6. The molecule has 0 radical (unpaired) electrons. The van der Waals surface area contributed by atoms with Gasteiger partial charge in [-0.25, -0.2) is 14.4 Å². The normalized spacial score (nSPS) is 14.4. The Hall–Kier alpha value is -2.15. The van der Waals surface area contributed by atoms with E-state index in [1.807, 2.05) is 0 Å². The monoisotopic (exact) mass is 298 g/mol. The summed E-state index contributed by atoms with van der Waals surface area (Å²) in [6.07, 6.45) is 7.78. The summed E-state index contributed by atoms with van der Waals surface area (Å²) in [5.41, 5.74) is 0. The van der Waals surface area contributed by atoms with E-state index < -0.39 is 26.7 Å². The number of hydrogen-bond acceptors (Lipinski definition) is 6. The fourth-order valence-corrected chi connectivity index (χ4v) is 2.55. The van der Waals surface area contributed by atoms with E-state index in [0.717, 1.165) is 18.2 Å². The van der Waals surface area contributed by atoms with Crippen LogP contribution in [0.3, 0.4) is 0 Å². The van der Waals surface area contributed by atoms with Gasteiger partial charge in [0.05, 0.1) is 0 Å². The smallest absolute Gasteiger partial charge is 0.452 e. The Morgan fingerprint density at radius 3 is 1.15 bits per heavy atom. The molecule has 0 aromatic heterocycles. The van der Waals surface area contributed by atoms with Crippen molar-refractivity contribution >= 4 is 26.7 Å². The van der Waals surface area contributed by atoms with E-state index in [1.54, 1.807) is 20.8 Å². The van der Waals surface area contributed by atoms with E-state index in [0.29, 0.717) is 0 Å². The third kappa shape index (κ3) is 7.32. The van der Waals surface area contributed by atoms with Crippen molar-refractivity contribution in [2.24, 2.45) is 0 Å². The highest BCUT2D eigenvalue weighted by Crippen LogP contribution is 2.12. The van der Waals surface area contributed by atoms with Gasteiger partial charge in [0.2, 0.25) is 0 Å². The van der Waals surface area contributed by atoms with Crippen LogP contribution in [0.1, 0.15) is 20.8 Å². The minimum Gasteiger partial charge on any atom is -0.452 e. The first-order valence-electron chi connectivity index (χ1n) is 5.94. The summed E-state index contributed by atoms with van der Waals surface area (Å²) < 4.78 is 14.9. The lowest BCUT2D eigenvalue weighted by atomic mass is 10.5. The maximum atomic E-state index is 11.4. The van der Waals surface area contributed by atoms with Crippen LogP contribution in [0.15, 0.2) is 36.5 Å². The predicted molar refractivity (Wildman–Crippen MR) is 74.3 cm³/mol. The van der Waals surface area contributed by atoms with Crippen LogP contribution in [0.5, 0.6) is 0 Å². The number of carbonyl (C=O) groups excluding carboxylic acids is 3. The predicted octanol–water partition coefficient (Wildman–Crippen LogP) is 1.91. The third-order valence-corrected chi connectivity index (χ3v) is 3.48. The fourth-order valence-electron chi connectivity index (χ4n) is 1.12. The van der Waals surface area contributed by atoms with Crippen LogP contribution < -0.4 is 0 Å². The van der Waals surface area contributed by atoms with Crippen LogP contribution in [0.25, 0.3) is 0 Å². The molecule has 0 saturated carbocycles. The molecule has 0 heterocycles. The van der Waals surface area contributed by atoms with Crippen molar-refractivity contribution in [2.75, 3.05) is 0 Å². The van der Waals surface area contributed by atoms with Gasteiger partial charge in [-0.15, -0.1) is 0 Å². The molecule has 0 fully saturated rings. The van der Waals surface area contributed by atoms with Gasteiger partial charge in [-0.05, 0) is 20.8 Å². The second-order valence-electron chi connectivity index (χ2n) is 3.63. The Bertz CT molecular complexity index is 385. The van der Waals surface area contributed by atoms with Crippen LogP contribution >= 0.6 is 0 Å². The molecule has 0 N–H and O–H groups in total. The first-order valence-corrected chi connectivity index (χ1v) is 8.16. The lowest BCUT2D eigenvalue weighted by Gasteiger charge is -2.22. The molecule has 0 bridgehead atoms. The number of hydrogen-bond donors (Lipinski definition) is 0. The summed E-state index contributed by atoms with van der Waals surface area (Å²) in [5.74, 6) is -2.24. The van der Waals surface area contributed by atoms with Gasteiger partial charge < -0.3 is 13.3 Å². The Labute approximate surface area is 119 Å². The van der Waals surface area contributed by atoms with Crippen LogP contribution in [-0.4, -0.2) is 26.7 Å². The summed E-state index contributed by atoms with van der Waals surface area (Å²) in [7, 11) is -3.75. The Morgan fingerprint density at radius 1 is 0.700 bits per heavy atom. The van der Waals surface area contributed by atoms with Crippen LogP contribution in [0.4, 0.5) is 0 Å². The summed E-state index contributed by atoms with van der Waals surface area (Å²) in [6.45, 7) is 6.16. The highest BCUT2D eigenvalue weighted by Gasteiger charge is 2.46. The molecule has 0 aliphatic carbocycles. The molecular weight excluding hydrogens is 280 g/mol. The van der Waals surface area contributed by atoms with Crippen molar-refractivity contribution in [3.05, 3.63) is 36.5 Å². The molecule has 0 saturated heterocycles. The summed E-state index contributed by atoms with van der Waals surface area (Å²) >= 11 is 0. The van der Waals surface area contributed by atoms with Crippen molar-refractivity contribution < 1.29 is 27.7 Å². The van der Waals surface area contributed by atoms with E-state index in [2.05, 4.69) is 0 Å². The largest absolute Gasteiger partial charge is 0.702 e. The minimum absolute atomic E-state index is 0.747. The molecule has 0 unspecified atom stereocenters. The zero-order valence-electron chi connectivity index (χ0n) is 11.9. The van der Waals surface area contributed by atoms with Crippen LogP contribution in [0.2, 0.25) is 6.55 Å². The zero-order valence-corrected chi connectivity index (χ0v) is 12.9. The lowest BCUT2D eigenvalue weighted by Crippen LogP contribution is -2.46. The topological polar surface area (TPSA) is 78.9 Å². The first kappa shape index (κ1) is 17.8. The third-order valence-electron chi connectivity index (χ3n) is 1.77. The van der Waals surface area contributed by atoms with E-state index in [-0.39, 0.29) is 0 Å². The second kappa shape index (κ2) is 8.86. The van der Waals surface area contributed by atoms with Crippen LogP contribution in [-0.2, 0) is 27.7 Å². The van der Waals surface area contributed by atoms with Crippen molar-refractivity contribution in [2.45, 2.75) is 27.3 Å². The maximum absolute atomic E-state index is 11.4. The van der Waals surface area contributed by atoms with Gasteiger partial charge in [-0.3, -0.25) is 0 Å². The summed E-state index contributed by atoms with van der Waals surface area (Å²) in [6, 6.07) is 0. The molecule has 20 heavy (non-hydrogen) atoms. The SMILES string of the molecule is CC=CC(=O)O[Si](C)(OC(=O)C=CC)OC(=O)C=CC. The Balaban J connectivity index is 5.05. The number of allylic oxidation sites excluding steroid dienone is 3. The van der Waals surface area contributed by atoms with Gasteiger partial charge in [0.25, 0.3) is 0 Å². The molecule has 6 nitrogen and oxygen atoms in total. The molecular formula is C13H18O6Si. The van der Waals surface area contributed by atoms with Gasteiger partial charge in [0, 0.05) is 24.8 Å². The number of rotatable bonds is 6. The van der Waals surface area contributed by atoms with E-state index in [9.17, 15) is 14.4 Å². The van der Waals surface area contributed by atoms with Gasteiger partial charge in [-0.2, -0.15) is 0 Å². The Morgan fingerprint density at radius 2 is 0.950 bits per heavy atom. The highest BCUT2D eigenvalue weighted by atomic mass is 28.4. The van der Waals surface area contributed by atoms with E-state index in [4.69, 9.17) is 13.3 Å². The molecule has 0 spiro atoms. The van der Waals surface area contributed by atoms with Gasteiger partial charge in [0.1, 0.15) is 0 Å². The molecule has 0 aromatic rings. The molecule has 0 atom stereocenters. The molecule has 0 aliphatic heterocycles. The maximum Gasteiger partial charge on any atom is 0.702 e. The average molecular weight is 298 g/mol. The summed E-state index contributed by atoms with van der Waals surface area (Å²) in [4.78, 5) is 34.3. The van der Waals surface area contributed by atoms with Crippen molar-refractivity contribution in [1.29, 1.82) is 0 Å². The van der Waals surface area contributed by atoms with E-state index >= 15 is 0 Å². The number of carbonyl (C=O) groups is 3. The Kier molecular flexibility index (Phi) is 7.91. The van der Waals surface area contributed by atoms with Crippen molar-refractivity contribution in [3.63, 3.8) is 0 Å². The quantitative estimate of drug-likeness (QED) is 0.550. The fraction of sp³-hybridized carbons (Fsp3) is 0.308. The molecule has 0 aliphatic rings. The average Bonchev–Trinajstić information content (AvgIpc) is 2.28. The summed E-state index contributed by atoms with van der Waals surface area (Å²) in [5, 5.41) is 0. The minimum atomic E-state index is -3.75. The molecule has 110 valence electrons. The van der Waals surface area contributed by atoms with Crippen molar-refractivity contribution in [1.82, 2.24) is 0 Å². The van der Waals surface area contributed by atoms with Gasteiger partial charge >= 0.3 is 26.7 Å². The molecule has 0 amide bonds. The standard InChI is InChI=1S/C13H18O6Si/c1-5-8-11(14)17-20(4,18-12(15)9-6-2)19-13(16)10-7-3/h5-10H,1-4H3.